The van der Waals surface area contributed by atoms with E-state index in [2.05, 4.69) is 4.98 Å². The highest BCUT2D eigenvalue weighted by Gasteiger charge is 2.03. The Kier molecular flexibility index (Phi) is 8.89. The number of pyridine rings is 1. The molecule has 0 radical (unpaired) electrons. The van der Waals surface area contributed by atoms with Gasteiger partial charge in [-0.15, -0.1) is 0 Å². The van der Waals surface area contributed by atoms with E-state index in [-0.39, 0.29) is 6.29 Å². The van der Waals surface area contributed by atoms with E-state index in [9.17, 15) is 19.8 Å². The van der Waals surface area contributed by atoms with Gasteiger partial charge in [-0.3, -0.25) is 4.98 Å². The fourth-order valence-corrected chi connectivity index (χ4v) is 1.25. The Morgan fingerprint density at radius 3 is 2.10 bits per heavy atom. The van der Waals surface area contributed by atoms with Crippen molar-refractivity contribution in [2.75, 3.05) is 13.2 Å². The summed E-state index contributed by atoms with van der Waals surface area (Å²) in [6.45, 7) is 7.25. The fraction of sp³-hybridized carbons (Fsp3) is 0.462. The number of aromatic carboxylic acids is 2. The molecule has 1 heterocycles. The lowest BCUT2D eigenvalue weighted by atomic mass is 10.2. The standard InChI is InChI=1S/C7H5NO4.C6H14O2/c9-6(10)4-2-1-3-8-5(4)7(11)12;1-4-7-6(3)8-5-2/h1-3H,(H,9,10)(H,11,12);6H,4-5H2,1-3H3/p-2. The van der Waals surface area contributed by atoms with Crippen LogP contribution in [0, 0.1) is 0 Å². The number of hydrogen-bond acceptors (Lipinski definition) is 7. The first-order chi connectivity index (χ1) is 9.43. The lowest BCUT2D eigenvalue weighted by molar-refractivity contribution is -0.260. The lowest BCUT2D eigenvalue weighted by Crippen LogP contribution is -2.30. The van der Waals surface area contributed by atoms with Crippen molar-refractivity contribution in [3.05, 3.63) is 29.6 Å². The summed E-state index contributed by atoms with van der Waals surface area (Å²) in [7, 11) is 0. The van der Waals surface area contributed by atoms with E-state index in [1.165, 1.54) is 6.07 Å². The molecule has 1 rings (SSSR count). The van der Waals surface area contributed by atoms with Crippen LogP contribution in [0.2, 0.25) is 0 Å². The highest BCUT2D eigenvalue weighted by atomic mass is 16.7. The van der Waals surface area contributed by atoms with Gasteiger partial charge in [-0.2, -0.15) is 0 Å². The van der Waals surface area contributed by atoms with Gasteiger partial charge in [0.15, 0.2) is 6.29 Å². The summed E-state index contributed by atoms with van der Waals surface area (Å²) >= 11 is 0. The molecule has 20 heavy (non-hydrogen) atoms. The summed E-state index contributed by atoms with van der Waals surface area (Å²) in [5.74, 6) is -3.21. The molecule has 1 aromatic rings. The molecule has 1 aromatic heterocycles. The van der Waals surface area contributed by atoms with Crippen molar-refractivity contribution < 1.29 is 29.3 Å². The third-order valence-electron chi connectivity index (χ3n) is 2.02. The van der Waals surface area contributed by atoms with E-state index in [0.717, 1.165) is 25.5 Å². The predicted octanol–water partition coefficient (Wildman–Crippen LogP) is -0.786. The number of carbonyl (C=O) groups excluding carboxylic acids is 2. The number of carboxylic acids is 2. The van der Waals surface area contributed by atoms with Crippen molar-refractivity contribution in [3.63, 3.8) is 0 Å². The zero-order chi connectivity index (χ0) is 15.5. The zero-order valence-electron chi connectivity index (χ0n) is 11.6. The second-order valence-electron chi connectivity index (χ2n) is 3.45. The molecule has 0 aliphatic heterocycles. The fourth-order valence-electron chi connectivity index (χ4n) is 1.25. The van der Waals surface area contributed by atoms with Crippen molar-refractivity contribution in [2.45, 2.75) is 27.1 Å². The molecule has 0 saturated heterocycles. The molecule has 0 aliphatic rings. The summed E-state index contributed by atoms with van der Waals surface area (Å²) in [5.41, 5.74) is -1.09. The van der Waals surface area contributed by atoms with Gasteiger partial charge in [0, 0.05) is 25.0 Å². The topological polar surface area (TPSA) is 112 Å². The molecule has 0 aliphatic carbocycles. The molecule has 0 amide bonds. The maximum atomic E-state index is 10.3. The lowest BCUT2D eigenvalue weighted by Gasteiger charge is -2.09. The van der Waals surface area contributed by atoms with Crippen molar-refractivity contribution in [2.24, 2.45) is 0 Å². The van der Waals surface area contributed by atoms with E-state index in [4.69, 9.17) is 9.47 Å². The minimum atomic E-state index is -1.63. The Hall–Kier alpha value is -1.99. The van der Waals surface area contributed by atoms with Gasteiger partial charge in [-0.05, 0) is 32.9 Å². The Balaban J connectivity index is 0.000000396. The number of carbonyl (C=O) groups is 2. The first-order valence-corrected chi connectivity index (χ1v) is 6.04. The molecule has 112 valence electrons. The SMILES string of the molecule is CCOC(C)OCC.O=C([O-])c1cccnc1C(=O)[O-]. The molecule has 0 spiro atoms. The van der Waals surface area contributed by atoms with Crippen LogP contribution < -0.4 is 10.2 Å². The van der Waals surface area contributed by atoms with E-state index in [1.54, 1.807) is 0 Å². The predicted molar refractivity (Wildman–Crippen MR) is 65.6 cm³/mol. The minimum Gasteiger partial charge on any atom is -0.545 e. The van der Waals surface area contributed by atoms with E-state index < -0.39 is 23.2 Å². The Morgan fingerprint density at radius 2 is 1.75 bits per heavy atom. The van der Waals surface area contributed by atoms with Gasteiger partial charge in [-0.1, -0.05) is 0 Å². The number of rotatable bonds is 6. The van der Waals surface area contributed by atoms with Crippen molar-refractivity contribution in [3.8, 4) is 0 Å². The van der Waals surface area contributed by atoms with Crippen molar-refractivity contribution >= 4 is 11.9 Å². The van der Waals surface area contributed by atoms with E-state index in [0.29, 0.717) is 0 Å². The molecule has 0 unspecified atom stereocenters. The molecule has 7 heteroatoms. The van der Waals surface area contributed by atoms with Gasteiger partial charge < -0.3 is 29.3 Å². The molecule has 7 nitrogen and oxygen atoms in total. The van der Waals surface area contributed by atoms with Gasteiger partial charge in [0.2, 0.25) is 0 Å². The molecule has 0 bridgehead atoms. The molecule has 0 N–H and O–H groups in total. The molecule has 0 saturated carbocycles. The average Bonchev–Trinajstić information content (AvgIpc) is 2.40. The third-order valence-corrected chi connectivity index (χ3v) is 2.02. The van der Waals surface area contributed by atoms with Crippen molar-refractivity contribution in [1.82, 2.24) is 4.98 Å². The highest BCUT2D eigenvalue weighted by Crippen LogP contribution is 2.01. The maximum absolute atomic E-state index is 10.3. The molecule has 0 fully saturated rings. The Morgan fingerprint density at radius 1 is 1.20 bits per heavy atom. The molecular weight excluding hydrogens is 266 g/mol. The van der Waals surface area contributed by atoms with E-state index >= 15 is 0 Å². The van der Waals surface area contributed by atoms with Crippen molar-refractivity contribution in [1.29, 1.82) is 0 Å². The largest absolute Gasteiger partial charge is 0.545 e. The summed E-state index contributed by atoms with van der Waals surface area (Å²) in [4.78, 5) is 23.9. The third kappa shape index (κ3) is 6.81. The van der Waals surface area contributed by atoms with Gasteiger partial charge in [-0.25, -0.2) is 0 Å². The number of carboxylic acid groups (broad SMARTS) is 2. The van der Waals surface area contributed by atoms with Gasteiger partial charge in [0.05, 0.1) is 17.6 Å². The number of nitrogens with zero attached hydrogens (tertiary/aromatic N) is 1. The smallest absolute Gasteiger partial charge is 0.154 e. The van der Waals surface area contributed by atoms with E-state index in [1.807, 2.05) is 20.8 Å². The molecular formula is C13H17NO6-2. The van der Waals surface area contributed by atoms with Gasteiger partial charge in [0.25, 0.3) is 0 Å². The average molecular weight is 283 g/mol. The number of aromatic nitrogens is 1. The maximum Gasteiger partial charge on any atom is 0.154 e. The summed E-state index contributed by atoms with van der Waals surface area (Å²) < 4.78 is 10.1. The van der Waals surface area contributed by atoms with Gasteiger partial charge in [0.1, 0.15) is 0 Å². The molecule has 0 atom stereocenters. The summed E-state index contributed by atoms with van der Waals surface area (Å²) in [6, 6.07) is 2.39. The minimum absolute atomic E-state index is 0.0370. The van der Waals surface area contributed by atoms with Crippen LogP contribution in [0.4, 0.5) is 0 Å². The van der Waals surface area contributed by atoms with Crippen LogP contribution in [0.15, 0.2) is 18.3 Å². The molecule has 0 aromatic carbocycles. The first kappa shape index (κ1) is 18.0. The van der Waals surface area contributed by atoms with Gasteiger partial charge >= 0.3 is 0 Å². The number of ether oxygens (including phenoxy) is 2. The zero-order valence-corrected chi connectivity index (χ0v) is 11.6. The van der Waals surface area contributed by atoms with Crippen LogP contribution in [-0.2, 0) is 9.47 Å². The monoisotopic (exact) mass is 283 g/mol. The Bertz CT molecular complexity index is 396. The van der Waals surface area contributed by atoms with Crippen LogP contribution in [-0.4, -0.2) is 36.4 Å². The first-order valence-electron chi connectivity index (χ1n) is 6.04. The van der Waals surface area contributed by atoms with Crippen LogP contribution in [0.5, 0.6) is 0 Å². The Labute approximate surface area is 117 Å². The second-order valence-corrected chi connectivity index (χ2v) is 3.45. The van der Waals surface area contributed by atoms with Crippen LogP contribution in [0.1, 0.15) is 41.6 Å². The summed E-state index contributed by atoms with van der Waals surface area (Å²) in [6.07, 6.45) is 1.13. The van der Waals surface area contributed by atoms with Crippen LogP contribution in [0.25, 0.3) is 0 Å². The number of hydrogen-bond donors (Lipinski definition) is 0. The summed E-state index contributed by atoms with van der Waals surface area (Å²) in [5, 5.41) is 20.5. The van der Waals surface area contributed by atoms with Crippen LogP contribution in [0.3, 0.4) is 0 Å². The highest BCUT2D eigenvalue weighted by molar-refractivity contribution is 5.98. The second kappa shape index (κ2) is 9.88. The van der Waals surface area contributed by atoms with Crippen LogP contribution >= 0.6 is 0 Å². The quantitative estimate of drug-likeness (QED) is 0.629. The normalized spacial score (nSPS) is 9.80.